The molecule has 1 N–H and O–H groups in total. The second-order valence-electron chi connectivity index (χ2n) is 6.32. The number of hydrogen-bond donors (Lipinski definition) is 1. The molecule has 0 atom stereocenters. The maximum absolute atomic E-state index is 11.4. The Balaban J connectivity index is 3.98. The highest BCUT2D eigenvalue weighted by Gasteiger charge is 2.23. The van der Waals surface area contributed by atoms with Crippen LogP contribution in [0.5, 0.6) is 0 Å². The predicted molar refractivity (Wildman–Crippen MR) is 73.9 cm³/mol. The summed E-state index contributed by atoms with van der Waals surface area (Å²) in [6, 6.07) is 0. The first-order valence-electron chi connectivity index (χ1n) is 6.68. The highest BCUT2D eigenvalue weighted by atomic mass is 16.6. The Kier molecular flexibility index (Phi) is 6.87. The van der Waals surface area contributed by atoms with E-state index < -0.39 is 11.7 Å². The molecule has 0 bridgehead atoms. The molecule has 0 saturated carbocycles. The summed E-state index contributed by atoms with van der Waals surface area (Å²) in [5, 5.41) is 2.69. The number of carbonyl (C=O) groups is 2. The molecule has 0 rings (SSSR count). The molecule has 19 heavy (non-hydrogen) atoms. The summed E-state index contributed by atoms with van der Waals surface area (Å²) in [6.45, 7) is 12.1. The number of rotatable bonds is 6. The summed E-state index contributed by atoms with van der Waals surface area (Å²) < 4.78 is 10.1. The molecule has 0 unspecified atom stereocenters. The van der Waals surface area contributed by atoms with Crippen molar-refractivity contribution in [1.82, 2.24) is 5.32 Å². The second-order valence-corrected chi connectivity index (χ2v) is 6.32. The first-order valence-corrected chi connectivity index (χ1v) is 6.68. The van der Waals surface area contributed by atoms with Crippen molar-refractivity contribution in [2.45, 2.75) is 60.0 Å². The monoisotopic (exact) mass is 273 g/mol. The molecular weight excluding hydrogens is 246 g/mol. The highest BCUT2D eigenvalue weighted by molar-refractivity contribution is 5.70. The zero-order valence-corrected chi connectivity index (χ0v) is 13.0. The van der Waals surface area contributed by atoms with Crippen molar-refractivity contribution < 1.29 is 19.1 Å². The van der Waals surface area contributed by atoms with Crippen molar-refractivity contribution in [3.05, 3.63) is 0 Å². The smallest absolute Gasteiger partial charge is 0.407 e. The van der Waals surface area contributed by atoms with Crippen LogP contribution < -0.4 is 5.32 Å². The lowest BCUT2D eigenvalue weighted by molar-refractivity contribution is -0.145. The van der Waals surface area contributed by atoms with Crippen LogP contribution >= 0.6 is 0 Å². The van der Waals surface area contributed by atoms with Gasteiger partial charge in [-0.2, -0.15) is 0 Å². The van der Waals surface area contributed by atoms with E-state index in [4.69, 9.17) is 9.47 Å². The Morgan fingerprint density at radius 3 is 2.16 bits per heavy atom. The minimum Gasteiger partial charge on any atom is -0.466 e. The standard InChI is InChI=1S/C14H27NO4/c1-7-18-11(16)10-14(5,6)8-9-15-12(17)19-13(2,3)4/h7-10H2,1-6H3,(H,15,17). The quantitative estimate of drug-likeness (QED) is 0.756. The Bertz CT molecular complexity index is 305. The van der Waals surface area contributed by atoms with Gasteiger partial charge in [0, 0.05) is 6.54 Å². The van der Waals surface area contributed by atoms with Gasteiger partial charge in [0.25, 0.3) is 0 Å². The van der Waals surface area contributed by atoms with Crippen molar-refractivity contribution in [1.29, 1.82) is 0 Å². The summed E-state index contributed by atoms with van der Waals surface area (Å²) in [4.78, 5) is 22.9. The van der Waals surface area contributed by atoms with E-state index in [1.54, 1.807) is 6.92 Å². The molecule has 5 heteroatoms. The molecular formula is C14H27NO4. The SMILES string of the molecule is CCOC(=O)CC(C)(C)CCNC(=O)OC(C)(C)C. The van der Waals surface area contributed by atoms with Gasteiger partial charge >= 0.3 is 12.1 Å². The molecule has 0 aliphatic heterocycles. The number of carbonyl (C=O) groups excluding carboxylic acids is 2. The molecule has 0 aliphatic rings. The molecule has 0 heterocycles. The first kappa shape index (κ1) is 17.7. The lowest BCUT2D eigenvalue weighted by Gasteiger charge is -2.24. The lowest BCUT2D eigenvalue weighted by atomic mass is 9.86. The van der Waals surface area contributed by atoms with E-state index in [2.05, 4.69) is 5.32 Å². The molecule has 0 aromatic rings. The van der Waals surface area contributed by atoms with E-state index in [0.29, 0.717) is 26.0 Å². The average molecular weight is 273 g/mol. The fourth-order valence-corrected chi connectivity index (χ4v) is 1.51. The van der Waals surface area contributed by atoms with E-state index in [0.717, 1.165) is 0 Å². The Labute approximate surface area is 116 Å². The zero-order chi connectivity index (χ0) is 15.1. The maximum atomic E-state index is 11.4. The van der Waals surface area contributed by atoms with E-state index >= 15 is 0 Å². The number of ether oxygens (including phenoxy) is 2. The van der Waals surface area contributed by atoms with Gasteiger partial charge in [-0.3, -0.25) is 4.79 Å². The second kappa shape index (κ2) is 7.36. The van der Waals surface area contributed by atoms with Crippen molar-refractivity contribution in [2.75, 3.05) is 13.2 Å². The molecule has 0 fully saturated rings. The number of alkyl carbamates (subject to hydrolysis) is 1. The van der Waals surface area contributed by atoms with E-state index in [1.807, 2.05) is 34.6 Å². The Morgan fingerprint density at radius 2 is 1.68 bits per heavy atom. The maximum Gasteiger partial charge on any atom is 0.407 e. The van der Waals surface area contributed by atoms with Gasteiger partial charge < -0.3 is 14.8 Å². The van der Waals surface area contributed by atoms with Gasteiger partial charge in [0.1, 0.15) is 5.60 Å². The summed E-state index contributed by atoms with van der Waals surface area (Å²) in [5.74, 6) is -0.204. The third-order valence-electron chi connectivity index (χ3n) is 2.40. The van der Waals surface area contributed by atoms with E-state index in [-0.39, 0.29) is 11.4 Å². The molecule has 0 saturated heterocycles. The van der Waals surface area contributed by atoms with Crippen LogP contribution in [0.3, 0.4) is 0 Å². The number of esters is 1. The fraction of sp³-hybridized carbons (Fsp3) is 0.857. The molecule has 0 radical (unpaired) electrons. The van der Waals surface area contributed by atoms with Gasteiger partial charge in [0.15, 0.2) is 0 Å². The van der Waals surface area contributed by atoms with Gasteiger partial charge in [-0.05, 0) is 39.5 Å². The van der Waals surface area contributed by atoms with Crippen LogP contribution in [0.25, 0.3) is 0 Å². The summed E-state index contributed by atoms with van der Waals surface area (Å²) in [7, 11) is 0. The zero-order valence-electron chi connectivity index (χ0n) is 13.0. The van der Waals surface area contributed by atoms with Gasteiger partial charge in [-0.1, -0.05) is 13.8 Å². The molecule has 0 aromatic carbocycles. The van der Waals surface area contributed by atoms with Crippen LogP contribution in [0.1, 0.15) is 54.4 Å². The van der Waals surface area contributed by atoms with Crippen LogP contribution in [0.4, 0.5) is 4.79 Å². The Morgan fingerprint density at radius 1 is 1.11 bits per heavy atom. The average Bonchev–Trinajstić information content (AvgIpc) is 2.12. The van der Waals surface area contributed by atoms with E-state index in [9.17, 15) is 9.59 Å². The van der Waals surface area contributed by atoms with E-state index in [1.165, 1.54) is 0 Å². The van der Waals surface area contributed by atoms with Gasteiger partial charge in [0.05, 0.1) is 13.0 Å². The fourth-order valence-electron chi connectivity index (χ4n) is 1.51. The normalized spacial score (nSPS) is 11.9. The molecule has 0 aliphatic carbocycles. The minimum atomic E-state index is -0.496. The van der Waals surface area contributed by atoms with Crippen molar-refractivity contribution in [2.24, 2.45) is 5.41 Å². The van der Waals surface area contributed by atoms with Crippen LogP contribution in [-0.4, -0.2) is 30.8 Å². The Hall–Kier alpha value is -1.26. The molecule has 1 amide bonds. The topological polar surface area (TPSA) is 64.6 Å². The third-order valence-corrected chi connectivity index (χ3v) is 2.40. The third kappa shape index (κ3) is 10.4. The summed E-state index contributed by atoms with van der Waals surface area (Å²) in [5.41, 5.74) is -0.703. The summed E-state index contributed by atoms with van der Waals surface area (Å²) >= 11 is 0. The lowest BCUT2D eigenvalue weighted by Crippen LogP contribution is -2.34. The number of amides is 1. The van der Waals surface area contributed by atoms with Crippen LogP contribution in [0.2, 0.25) is 0 Å². The van der Waals surface area contributed by atoms with Crippen LogP contribution in [-0.2, 0) is 14.3 Å². The van der Waals surface area contributed by atoms with Gasteiger partial charge in [-0.25, -0.2) is 4.79 Å². The molecule has 0 aromatic heterocycles. The van der Waals surface area contributed by atoms with Crippen molar-refractivity contribution >= 4 is 12.1 Å². The number of nitrogens with one attached hydrogen (secondary N) is 1. The largest absolute Gasteiger partial charge is 0.466 e. The molecule has 0 spiro atoms. The minimum absolute atomic E-state index is 0.204. The van der Waals surface area contributed by atoms with Crippen molar-refractivity contribution in [3.63, 3.8) is 0 Å². The molecule has 5 nitrogen and oxygen atoms in total. The highest BCUT2D eigenvalue weighted by Crippen LogP contribution is 2.24. The predicted octanol–water partition coefficient (Wildman–Crippen LogP) is 2.88. The van der Waals surface area contributed by atoms with Gasteiger partial charge in [0.2, 0.25) is 0 Å². The first-order chi connectivity index (χ1) is 8.56. The molecule has 112 valence electrons. The summed E-state index contributed by atoms with van der Waals surface area (Å²) in [6.07, 6.45) is 0.599. The van der Waals surface area contributed by atoms with Crippen LogP contribution in [0, 0.1) is 5.41 Å². The van der Waals surface area contributed by atoms with Gasteiger partial charge in [-0.15, -0.1) is 0 Å². The number of hydrogen-bond acceptors (Lipinski definition) is 4. The van der Waals surface area contributed by atoms with Crippen LogP contribution in [0.15, 0.2) is 0 Å². The van der Waals surface area contributed by atoms with Crippen molar-refractivity contribution in [3.8, 4) is 0 Å².